The topological polar surface area (TPSA) is 95.6 Å². The molecule has 1 atom stereocenters. The maximum absolute atomic E-state index is 13.2. The molecule has 0 spiro atoms. The molecule has 1 heterocycles. The number of fused-ring (bicyclic) bond motifs is 1. The Morgan fingerprint density at radius 2 is 1.39 bits per heavy atom. The summed E-state index contributed by atoms with van der Waals surface area (Å²) in [6.07, 6.45) is 5.38. The Kier molecular flexibility index (Phi) is 7.17. The molecule has 2 aromatic rings. The lowest BCUT2D eigenvalue weighted by Crippen LogP contribution is -2.51. The molecule has 1 unspecified atom stereocenters. The number of hydrogen-bond donors (Lipinski definition) is 2. The van der Waals surface area contributed by atoms with Gasteiger partial charge in [-0.1, -0.05) is 61.7 Å². The van der Waals surface area contributed by atoms with Gasteiger partial charge in [-0.2, -0.15) is 0 Å². The van der Waals surface area contributed by atoms with Crippen molar-refractivity contribution in [1.82, 2.24) is 15.5 Å². The summed E-state index contributed by atoms with van der Waals surface area (Å²) in [4.78, 5) is 52.5. The summed E-state index contributed by atoms with van der Waals surface area (Å²) in [5, 5.41) is 5.70. The highest BCUT2D eigenvalue weighted by molar-refractivity contribution is 6.22. The van der Waals surface area contributed by atoms with Crippen LogP contribution < -0.4 is 10.6 Å². The van der Waals surface area contributed by atoms with Crippen molar-refractivity contribution in [2.24, 2.45) is 5.92 Å². The fourth-order valence-electron chi connectivity index (χ4n) is 4.63. The normalized spacial score (nSPS) is 16.9. The fourth-order valence-corrected chi connectivity index (χ4v) is 4.63. The minimum atomic E-state index is -0.978. The number of nitrogens with one attached hydrogen (secondary N) is 2. The van der Waals surface area contributed by atoms with Gasteiger partial charge in [-0.3, -0.25) is 24.1 Å². The van der Waals surface area contributed by atoms with Crippen LogP contribution in [0.2, 0.25) is 0 Å². The van der Waals surface area contributed by atoms with Crippen molar-refractivity contribution in [1.29, 1.82) is 0 Å². The SMILES string of the molecule is O=C(NCCNC(=O)C(Cc1ccccc1)N1C(=O)c2ccccc2C1=O)C1CCCCC1. The van der Waals surface area contributed by atoms with E-state index in [4.69, 9.17) is 0 Å². The van der Waals surface area contributed by atoms with Gasteiger partial charge < -0.3 is 10.6 Å². The van der Waals surface area contributed by atoms with E-state index in [1.807, 2.05) is 30.3 Å². The van der Waals surface area contributed by atoms with Gasteiger partial charge in [0.15, 0.2) is 0 Å². The molecular formula is C26H29N3O4. The molecular weight excluding hydrogens is 418 g/mol. The first-order valence-electron chi connectivity index (χ1n) is 11.6. The quantitative estimate of drug-likeness (QED) is 0.480. The first kappa shape index (κ1) is 22.7. The van der Waals surface area contributed by atoms with E-state index in [1.165, 1.54) is 6.42 Å². The number of amides is 4. The van der Waals surface area contributed by atoms with Crippen molar-refractivity contribution in [3.8, 4) is 0 Å². The van der Waals surface area contributed by atoms with Gasteiger partial charge in [0, 0.05) is 25.4 Å². The molecule has 4 amide bonds. The van der Waals surface area contributed by atoms with Gasteiger partial charge in [-0.25, -0.2) is 0 Å². The van der Waals surface area contributed by atoms with E-state index in [0.717, 1.165) is 36.1 Å². The van der Waals surface area contributed by atoms with E-state index in [9.17, 15) is 19.2 Å². The molecule has 1 aliphatic carbocycles. The van der Waals surface area contributed by atoms with Gasteiger partial charge in [0.05, 0.1) is 11.1 Å². The molecule has 7 heteroatoms. The number of carbonyl (C=O) groups excluding carboxylic acids is 4. The van der Waals surface area contributed by atoms with Crippen LogP contribution in [0.25, 0.3) is 0 Å². The van der Waals surface area contributed by atoms with E-state index in [1.54, 1.807) is 24.3 Å². The molecule has 0 saturated heterocycles. The van der Waals surface area contributed by atoms with Crippen molar-refractivity contribution in [2.75, 3.05) is 13.1 Å². The van der Waals surface area contributed by atoms with E-state index in [-0.39, 0.29) is 24.8 Å². The van der Waals surface area contributed by atoms with Crippen LogP contribution >= 0.6 is 0 Å². The number of benzene rings is 2. The summed E-state index contributed by atoms with van der Waals surface area (Å²) in [7, 11) is 0. The Morgan fingerprint density at radius 3 is 2.03 bits per heavy atom. The van der Waals surface area contributed by atoms with Crippen molar-refractivity contribution in [3.05, 3.63) is 71.3 Å². The van der Waals surface area contributed by atoms with Crippen LogP contribution in [0.15, 0.2) is 54.6 Å². The molecule has 0 bridgehead atoms. The Labute approximate surface area is 193 Å². The van der Waals surface area contributed by atoms with Crippen LogP contribution in [0.5, 0.6) is 0 Å². The molecule has 0 radical (unpaired) electrons. The number of imide groups is 1. The summed E-state index contributed by atoms with van der Waals surface area (Å²) >= 11 is 0. The first-order chi connectivity index (χ1) is 16.1. The lowest BCUT2D eigenvalue weighted by Gasteiger charge is -2.26. The zero-order valence-corrected chi connectivity index (χ0v) is 18.6. The maximum Gasteiger partial charge on any atom is 0.262 e. The Hall–Kier alpha value is -3.48. The highest BCUT2D eigenvalue weighted by Crippen LogP contribution is 2.26. The summed E-state index contributed by atoms with van der Waals surface area (Å²) in [5.74, 6) is -1.25. The molecule has 4 rings (SSSR count). The number of carbonyl (C=O) groups is 4. The largest absolute Gasteiger partial charge is 0.354 e. The monoisotopic (exact) mass is 447 g/mol. The summed E-state index contributed by atoms with van der Waals surface area (Å²) in [6.45, 7) is 0.535. The molecule has 0 aromatic heterocycles. The van der Waals surface area contributed by atoms with E-state index < -0.39 is 23.8 Å². The average Bonchev–Trinajstić information content (AvgIpc) is 3.11. The van der Waals surface area contributed by atoms with Gasteiger partial charge in [-0.05, 0) is 30.5 Å². The second-order valence-electron chi connectivity index (χ2n) is 8.65. The van der Waals surface area contributed by atoms with Crippen molar-refractivity contribution in [2.45, 2.75) is 44.6 Å². The lowest BCUT2D eigenvalue weighted by molar-refractivity contribution is -0.127. The smallest absolute Gasteiger partial charge is 0.262 e. The van der Waals surface area contributed by atoms with Crippen molar-refractivity contribution in [3.63, 3.8) is 0 Å². The third kappa shape index (κ3) is 5.13. The van der Waals surface area contributed by atoms with Gasteiger partial charge in [0.1, 0.15) is 6.04 Å². The van der Waals surface area contributed by atoms with Gasteiger partial charge in [0.2, 0.25) is 11.8 Å². The molecule has 2 aromatic carbocycles. The third-order valence-corrected chi connectivity index (χ3v) is 6.41. The molecule has 172 valence electrons. The predicted molar refractivity (Wildman–Crippen MR) is 123 cm³/mol. The second-order valence-corrected chi connectivity index (χ2v) is 8.65. The van der Waals surface area contributed by atoms with E-state index >= 15 is 0 Å². The van der Waals surface area contributed by atoms with Gasteiger partial charge >= 0.3 is 0 Å². The molecule has 1 fully saturated rings. The molecule has 7 nitrogen and oxygen atoms in total. The first-order valence-corrected chi connectivity index (χ1v) is 11.6. The Balaban J connectivity index is 1.41. The van der Waals surface area contributed by atoms with E-state index in [0.29, 0.717) is 17.7 Å². The zero-order chi connectivity index (χ0) is 23.2. The van der Waals surface area contributed by atoms with Gasteiger partial charge in [-0.15, -0.1) is 0 Å². The third-order valence-electron chi connectivity index (χ3n) is 6.41. The number of hydrogen-bond acceptors (Lipinski definition) is 4. The number of rotatable bonds is 8. The average molecular weight is 448 g/mol. The summed E-state index contributed by atoms with van der Waals surface area (Å²) in [5.41, 5.74) is 1.47. The predicted octanol–water partition coefficient (Wildman–Crippen LogP) is 2.71. The van der Waals surface area contributed by atoms with Crippen LogP contribution in [0.1, 0.15) is 58.4 Å². The standard InChI is InChI=1S/C26H29N3O4/c30-23(19-11-5-2-6-12-19)27-15-16-28-24(31)22(17-18-9-3-1-4-10-18)29-25(32)20-13-7-8-14-21(20)26(29)33/h1,3-4,7-10,13-14,19,22H,2,5-6,11-12,15-17H2,(H,27,30)(H,28,31). The van der Waals surface area contributed by atoms with Crippen LogP contribution in [-0.2, 0) is 16.0 Å². The van der Waals surface area contributed by atoms with Crippen LogP contribution in [-0.4, -0.2) is 47.7 Å². The molecule has 1 aliphatic heterocycles. The number of nitrogens with zero attached hydrogens (tertiary/aromatic N) is 1. The highest BCUT2D eigenvalue weighted by atomic mass is 16.2. The fraction of sp³-hybridized carbons (Fsp3) is 0.385. The van der Waals surface area contributed by atoms with Gasteiger partial charge in [0.25, 0.3) is 11.8 Å². The Morgan fingerprint density at radius 1 is 0.818 bits per heavy atom. The van der Waals surface area contributed by atoms with Crippen molar-refractivity contribution < 1.29 is 19.2 Å². The molecule has 2 aliphatic rings. The molecule has 33 heavy (non-hydrogen) atoms. The second kappa shape index (κ2) is 10.4. The van der Waals surface area contributed by atoms with Crippen LogP contribution in [0, 0.1) is 5.92 Å². The maximum atomic E-state index is 13.2. The van der Waals surface area contributed by atoms with Crippen LogP contribution in [0.3, 0.4) is 0 Å². The summed E-state index contributed by atoms with van der Waals surface area (Å²) in [6, 6.07) is 14.9. The highest BCUT2D eigenvalue weighted by Gasteiger charge is 2.42. The zero-order valence-electron chi connectivity index (χ0n) is 18.6. The van der Waals surface area contributed by atoms with E-state index in [2.05, 4.69) is 10.6 Å². The molecule has 1 saturated carbocycles. The summed E-state index contributed by atoms with van der Waals surface area (Å²) < 4.78 is 0. The van der Waals surface area contributed by atoms with Crippen LogP contribution in [0.4, 0.5) is 0 Å². The minimum Gasteiger partial charge on any atom is -0.354 e. The Bertz CT molecular complexity index is 996. The lowest BCUT2D eigenvalue weighted by atomic mass is 9.89. The van der Waals surface area contributed by atoms with Crippen molar-refractivity contribution >= 4 is 23.6 Å². The minimum absolute atomic E-state index is 0.0325. The molecule has 2 N–H and O–H groups in total.